The van der Waals surface area contributed by atoms with Gasteiger partial charge in [-0.05, 0) is 37.1 Å². The van der Waals surface area contributed by atoms with Crippen LogP contribution in [0.1, 0.15) is 51.7 Å². The zero-order valence-corrected chi connectivity index (χ0v) is 26.5. The fourth-order valence-electron chi connectivity index (χ4n) is 3.26. The van der Waals surface area contributed by atoms with Gasteiger partial charge >= 0.3 is 23.1 Å². The molecule has 0 aromatic heterocycles. The molecule has 43 heavy (non-hydrogen) atoms. The molecular weight excluding hydrogens is 616 g/mol. The Balaban J connectivity index is 0.000000802. The van der Waals surface area contributed by atoms with Crippen molar-refractivity contribution in [1.82, 2.24) is 0 Å². The summed E-state index contributed by atoms with van der Waals surface area (Å²) in [4.78, 5) is 44.4. The van der Waals surface area contributed by atoms with Crippen LogP contribution in [0.25, 0.3) is 11.5 Å². The van der Waals surface area contributed by atoms with Crippen molar-refractivity contribution in [3.63, 3.8) is 0 Å². The van der Waals surface area contributed by atoms with Crippen LogP contribution in [0.5, 0.6) is 0 Å². The second kappa shape index (κ2) is 17.8. The molecule has 0 saturated carbocycles. The number of ketones is 2. The molecule has 12 nitrogen and oxygen atoms in total. The van der Waals surface area contributed by atoms with Gasteiger partial charge in [0, 0.05) is 45.1 Å². The Bertz CT molecular complexity index is 1450. The number of nitro benzene ring substituents is 2. The van der Waals surface area contributed by atoms with E-state index >= 15 is 0 Å². The molecule has 0 aliphatic heterocycles. The van der Waals surface area contributed by atoms with Gasteiger partial charge in [0.15, 0.2) is 11.6 Å². The van der Waals surface area contributed by atoms with Gasteiger partial charge in [-0.15, -0.1) is 0 Å². The SMILES string of the molecule is CCC(C)C(=O)C(C#N)=C([O-])c1ccc(Cl)cc1[N+](=O)[O-].CCC(C)C(=O)C(C#N)=C([O-])c1ccc(Cl)cc1[N+](=O)[O-].[Mg+2]. The van der Waals surface area contributed by atoms with Crippen LogP contribution in [0.15, 0.2) is 47.5 Å². The third-order valence-electron chi connectivity index (χ3n) is 6.09. The molecule has 0 heterocycles. The van der Waals surface area contributed by atoms with E-state index in [1.165, 1.54) is 12.1 Å². The maximum absolute atomic E-state index is 12.2. The first-order valence-corrected chi connectivity index (χ1v) is 13.0. The Hall–Kier alpha value is -4.01. The van der Waals surface area contributed by atoms with Crippen LogP contribution in [0, 0.1) is 54.7 Å². The van der Waals surface area contributed by atoms with E-state index < -0.39 is 67.3 Å². The molecule has 0 spiro atoms. The zero-order valence-electron chi connectivity index (χ0n) is 23.6. The van der Waals surface area contributed by atoms with Crippen LogP contribution in [-0.2, 0) is 9.59 Å². The zero-order chi connectivity index (χ0) is 32.3. The molecule has 2 aromatic rings. The number of rotatable bonds is 10. The second-order valence-corrected chi connectivity index (χ2v) is 9.69. The van der Waals surface area contributed by atoms with Crippen LogP contribution in [0.3, 0.4) is 0 Å². The number of halogens is 2. The van der Waals surface area contributed by atoms with Gasteiger partial charge in [0.1, 0.15) is 12.1 Å². The molecule has 0 fully saturated rings. The van der Waals surface area contributed by atoms with Crippen molar-refractivity contribution in [3.05, 3.63) is 88.9 Å². The molecule has 220 valence electrons. The van der Waals surface area contributed by atoms with Crippen LogP contribution in [-0.4, -0.2) is 44.5 Å². The summed E-state index contributed by atoms with van der Waals surface area (Å²) in [6.45, 7) is 6.66. The summed E-state index contributed by atoms with van der Waals surface area (Å²) in [7, 11) is 0. The van der Waals surface area contributed by atoms with Gasteiger partial charge in [-0.1, -0.05) is 62.4 Å². The summed E-state index contributed by atoms with van der Waals surface area (Å²) in [6, 6.07) is 10.0. The summed E-state index contributed by atoms with van der Waals surface area (Å²) in [5.41, 5.74) is -2.91. The fraction of sp³-hybridized carbons (Fsp3) is 0.286. The van der Waals surface area contributed by atoms with Crippen molar-refractivity contribution >= 4 is 80.7 Å². The maximum Gasteiger partial charge on any atom is 2.00 e. The molecule has 2 rings (SSSR count). The van der Waals surface area contributed by atoms with E-state index in [0.29, 0.717) is 12.8 Å². The smallest absolute Gasteiger partial charge is 0.871 e. The fourth-order valence-corrected chi connectivity index (χ4v) is 3.60. The molecule has 0 aliphatic carbocycles. The summed E-state index contributed by atoms with van der Waals surface area (Å²) in [5.74, 6) is -4.15. The molecule has 2 aromatic carbocycles. The van der Waals surface area contributed by atoms with Crippen molar-refractivity contribution in [2.24, 2.45) is 11.8 Å². The quantitative estimate of drug-likeness (QED) is 0.0883. The number of benzene rings is 2. The number of nitro groups is 2. The number of nitriles is 2. The molecule has 0 bridgehead atoms. The van der Waals surface area contributed by atoms with E-state index in [1.54, 1.807) is 39.8 Å². The summed E-state index contributed by atoms with van der Waals surface area (Å²) >= 11 is 11.3. The van der Waals surface area contributed by atoms with Gasteiger partial charge in [-0.25, -0.2) is 0 Å². The van der Waals surface area contributed by atoms with Crippen molar-refractivity contribution in [2.75, 3.05) is 0 Å². The van der Waals surface area contributed by atoms with Gasteiger partial charge in [0.05, 0.1) is 21.0 Å². The summed E-state index contributed by atoms with van der Waals surface area (Å²) in [6.07, 6.45) is 0.917. The van der Waals surface area contributed by atoms with E-state index in [4.69, 9.17) is 33.7 Å². The molecule has 0 saturated heterocycles. The van der Waals surface area contributed by atoms with Crippen molar-refractivity contribution in [2.45, 2.75) is 40.5 Å². The second-order valence-electron chi connectivity index (χ2n) is 8.82. The molecule has 0 amide bonds. The average Bonchev–Trinajstić information content (AvgIpc) is 2.96. The number of hydrogen-bond acceptors (Lipinski definition) is 10. The monoisotopic (exact) mass is 638 g/mol. The Morgan fingerprint density at radius 3 is 1.30 bits per heavy atom. The Labute approximate surface area is 273 Å². The predicted octanol–water partition coefficient (Wildman–Crippen LogP) is 4.54. The first-order valence-electron chi connectivity index (χ1n) is 12.3. The largest absolute Gasteiger partial charge is 2.00 e. The Morgan fingerprint density at radius 1 is 0.767 bits per heavy atom. The van der Waals surface area contributed by atoms with E-state index in [0.717, 1.165) is 24.3 Å². The summed E-state index contributed by atoms with van der Waals surface area (Å²) in [5, 5.41) is 64.7. The molecule has 0 radical (unpaired) electrons. The third-order valence-corrected chi connectivity index (χ3v) is 6.56. The topological polar surface area (TPSA) is 214 Å². The molecule has 2 unspecified atom stereocenters. The van der Waals surface area contributed by atoms with Crippen molar-refractivity contribution < 1.29 is 29.6 Å². The van der Waals surface area contributed by atoms with Crippen molar-refractivity contribution in [1.29, 1.82) is 10.5 Å². The number of Topliss-reactive ketones (excluding diaryl/α,β-unsaturated/α-hetero) is 2. The normalized spacial score (nSPS) is 12.7. The third kappa shape index (κ3) is 10.0. The molecule has 0 N–H and O–H groups in total. The molecule has 15 heteroatoms. The molecule has 2 atom stereocenters. The number of carbonyl (C=O) groups is 2. The minimum Gasteiger partial charge on any atom is -0.871 e. The minimum atomic E-state index is -0.953. The Morgan fingerprint density at radius 2 is 1.07 bits per heavy atom. The van der Waals surface area contributed by atoms with Crippen LogP contribution in [0.2, 0.25) is 10.0 Å². The number of nitrogens with zero attached hydrogens (tertiary/aromatic N) is 4. The van der Waals surface area contributed by atoms with E-state index in [1.807, 2.05) is 0 Å². The van der Waals surface area contributed by atoms with Gasteiger partial charge in [-0.2, -0.15) is 10.5 Å². The number of hydrogen-bond donors (Lipinski definition) is 0. The summed E-state index contributed by atoms with van der Waals surface area (Å²) < 4.78 is 0. The number of carbonyl (C=O) groups excluding carboxylic acids is 2. The maximum atomic E-state index is 12.2. The molecular formula is C28H24Cl2MgN4O8. The van der Waals surface area contributed by atoms with Gasteiger partial charge in [-0.3, -0.25) is 29.8 Å². The van der Waals surface area contributed by atoms with E-state index in [-0.39, 0.29) is 44.2 Å². The van der Waals surface area contributed by atoms with E-state index in [2.05, 4.69) is 0 Å². The van der Waals surface area contributed by atoms with Gasteiger partial charge < -0.3 is 10.2 Å². The first-order chi connectivity index (χ1) is 19.7. The standard InChI is InChI=1S/2C14H13ClN2O4.Mg/c2*1-3-8(2)13(18)11(7-16)14(19)10-5-4-9(15)6-12(10)17(20)21;/h2*4-6,8,19H,3H2,1-2H3;/q;;+2/p-2. The number of allylic oxidation sites excluding steroid dienone is 2. The van der Waals surface area contributed by atoms with Crippen LogP contribution in [0.4, 0.5) is 11.4 Å². The van der Waals surface area contributed by atoms with E-state index in [9.17, 15) is 40.0 Å². The average molecular weight is 640 g/mol. The van der Waals surface area contributed by atoms with Crippen LogP contribution < -0.4 is 10.2 Å². The minimum absolute atomic E-state index is 0. The first kappa shape index (κ1) is 39.0. The van der Waals surface area contributed by atoms with Crippen molar-refractivity contribution in [3.8, 4) is 12.1 Å². The predicted molar refractivity (Wildman–Crippen MR) is 156 cm³/mol. The Kier molecular flexibility index (Phi) is 16.2. The van der Waals surface area contributed by atoms with Crippen LogP contribution >= 0.6 is 23.2 Å². The van der Waals surface area contributed by atoms with Gasteiger partial charge in [0.25, 0.3) is 11.4 Å². The molecule has 0 aliphatic rings. The van der Waals surface area contributed by atoms with Gasteiger partial charge in [0.2, 0.25) is 0 Å².